The highest BCUT2D eigenvalue weighted by Gasteiger charge is 2.35. The number of aromatic nitrogens is 2. The molecule has 1 unspecified atom stereocenters. The van der Waals surface area contributed by atoms with Crippen LogP contribution in [0.2, 0.25) is 0 Å². The number of rotatable bonds is 3. The zero-order valence-corrected chi connectivity index (χ0v) is 10.2. The van der Waals surface area contributed by atoms with E-state index in [1.165, 1.54) is 28.6 Å². The minimum atomic E-state index is -0.482. The Morgan fingerprint density at radius 2 is 2.56 bits per heavy atom. The predicted molar refractivity (Wildman–Crippen MR) is 68.0 cm³/mol. The minimum absolute atomic E-state index is 0.0181. The third kappa shape index (κ3) is 2.42. The van der Waals surface area contributed by atoms with E-state index in [-0.39, 0.29) is 29.1 Å². The monoisotopic (exact) mass is 268 g/mol. The van der Waals surface area contributed by atoms with Gasteiger partial charge in [-0.2, -0.15) is 4.98 Å². The first-order chi connectivity index (χ1) is 8.65. The van der Waals surface area contributed by atoms with Gasteiger partial charge in [0.2, 0.25) is 0 Å². The molecule has 18 heavy (non-hydrogen) atoms. The molecule has 0 spiro atoms. The summed E-state index contributed by atoms with van der Waals surface area (Å²) in [5.74, 6) is 0.151. The topological polar surface area (TPSA) is 130 Å². The Kier molecular flexibility index (Phi) is 3.75. The second-order valence-electron chi connectivity index (χ2n) is 3.88. The van der Waals surface area contributed by atoms with Crippen LogP contribution in [0.1, 0.15) is 11.8 Å². The highest BCUT2D eigenvalue weighted by molar-refractivity contribution is 8.00. The van der Waals surface area contributed by atoms with Crippen molar-refractivity contribution < 1.29 is 5.11 Å². The molecule has 0 aromatic carbocycles. The summed E-state index contributed by atoms with van der Waals surface area (Å²) in [4.78, 5) is 18.2. The number of hydrogen-bond donors (Lipinski definition) is 2. The van der Waals surface area contributed by atoms with Gasteiger partial charge in [-0.05, 0) is 18.0 Å². The molecule has 1 saturated heterocycles. The Morgan fingerprint density at radius 1 is 1.78 bits per heavy atom. The van der Waals surface area contributed by atoms with E-state index in [4.69, 9.17) is 16.4 Å². The summed E-state index contributed by atoms with van der Waals surface area (Å²) < 4.78 is 1.38. The van der Waals surface area contributed by atoms with Gasteiger partial charge in [-0.15, -0.1) is 11.8 Å². The maximum Gasteiger partial charge on any atom is 0.350 e. The molecule has 1 aliphatic rings. The van der Waals surface area contributed by atoms with Crippen LogP contribution in [-0.2, 0) is 0 Å². The Morgan fingerprint density at radius 3 is 3.17 bits per heavy atom. The van der Waals surface area contributed by atoms with E-state index in [0.717, 1.165) is 0 Å². The van der Waals surface area contributed by atoms with Gasteiger partial charge in [0, 0.05) is 16.4 Å². The molecule has 0 bridgehead atoms. The van der Waals surface area contributed by atoms with Crippen molar-refractivity contribution in [1.29, 1.82) is 0 Å². The zero-order valence-electron chi connectivity index (χ0n) is 9.38. The van der Waals surface area contributed by atoms with Crippen molar-refractivity contribution in [1.82, 2.24) is 9.55 Å². The average molecular weight is 268 g/mol. The van der Waals surface area contributed by atoms with Crippen molar-refractivity contribution in [3.8, 4) is 0 Å². The molecule has 8 nitrogen and oxygen atoms in total. The number of nitrogens with zero attached hydrogens (tertiary/aromatic N) is 5. The first-order valence-electron chi connectivity index (χ1n) is 5.31. The lowest BCUT2D eigenvalue weighted by molar-refractivity contribution is 0.289. The molecule has 2 heterocycles. The summed E-state index contributed by atoms with van der Waals surface area (Å²) in [5.41, 5.74) is 13.5. The molecule has 1 aromatic heterocycles. The standard InChI is InChI=1S/C9H12N6O2S/c10-7-1-2-15(9(17)12-7)8-6(13-14-11)3-5(4-16)18-8/h1-2,5-6,8,16H,3-4H2,(H2,10,12,17)/t5-,6?,8+/m0/s1. The summed E-state index contributed by atoms with van der Waals surface area (Å²) >= 11 is 1.40. The van der Waals surface area contributed by atoms with Gasteiger partial charge in [0.15, 0.2) is 0 Å². The van der Waals surface area contributed by atoms with E-state index in [2.05, 4.69) is 15.0 Å². The smallest absolute Gasteiger partial charge is 0.350 e. The number of hydrogen-bond acceptors (Lipinski definition) is 6. The highest BCUT2D eigenvalue weighted by Crippen LogP contribution is 2.42. The summed E-state index contributed by atoms with van der Waals surface area (Å²) in [6, 6.07) is 1.14. The zero-order chi connectivity index (χ0) is 13.1. The molecule has 0 saturated carbocycles. The van der Waals surface area contributed by atoms with Crippen LogP contribution in [0, 0.1) is 0 Å². The van der Waals surface area contributed by atoms with Gasteiger partial charge < -0.3 is 10.8 Å². The lowest BCUT2D eigenvalue weighted by Gasteiger charge is -2.16. The van der Waals surface area contributed by atoms with Gasteiger partial charge in [0.05, 0.1) is 18.0 Å². The molecule has 9 heteroatoms. The highest BCUT2D eigenvalue weighted by atomic mass is 32.2. The fourth-order valence-electron chi connectivity index (χ4n) is 1.89. The fraction of sp³-hybridized carbons (Fsp3) is 0.556. The van der Waals surface area contributed by atoms with Crippen molar-refractivity contribution >= 4 is 17.6 Å². The minimum Gasteiger partial charge on any atom is -0.395 e. The van der Waals surface area contributed by atoms with Crippen molar-refractivity contribution in [3.63, 3.8) is 0 Å². The van der Waals surface area contributed by atoms with E-state index >= 15 is 0 Å². The maximum absolute atomic E-state index is 11.7. The molecular weight excluding hydrogens is 256 g/mol. The van der Waals surface area contributed by atoms with Crippen LogP contribution in [-0.4, -0.2) is 32.6 Å². The van der Waals surface area contributed by atoms with E-state index in [0.29, 0.717) is 6.42 Å². The summed E-state index contributed by atoms with van der Waals surface area (Å²) in [6.07, 6.45) is 2.06. The Balaban J connectivity index is 2.35. The first kappa shape index (κ1) is 12.7. The van der Waals surface area contributed by atoms with Gasteiger partial charge in [-0.25, -0.2) is 4.79 Å². The normalized spacial score (nSPS) is 26.8. The number of nitrogens with two attached hydrogens (primary N) is 1. The number of aliphatic hydroxyl groups is 1. The van der Waals surface area contributed by atoms with E-state index in [1.807, 2.05) is 0 Å². The molecule has 1 fully saturated rings. The van der Waals surface area contributed by atoms with Crippen LogP contribution in [0.25, 0.3) is 10.4 Å². The second-order valence-corrected chi connectivity index (χ2v) is 5.30. The largest absolute Gasteiger partial charge is 0.395 e. The van der Waals surface area contributed by atoms with Gasteiger partial charge in [0.1, 0.15) is 5.82 Å². The Labute approximate surface area is 106 Å². The molecular formula is C9H12N6O2S. The second kappa shape index (κ2) is 5.30. The Hall–Kier alpha value is -1.70. The van der Waals surface area contributed by atoms with Gasteiger partial charge in [-0.1, -0.05) is 5.11 Å². The van der Waals surface area contributed by atoms with Crippen LogP contribution < -0.4 is 11.4 Å². The van der Waals surface area contributed by atoms with Crippen molar-refractivity contribution in [2.75, 3.05) is 12.3 Å². The van der Waals surface area contributed by atoms with Gasteiger partial charge in [0.25, 0.3) is 0 Å². The summed E-state index contributed by atoms with van der Waals surface area (Å²) in [7, 11) is 0. The van der Waals surface area contributed by atoms with E-state index < -0.39 is 5.69 Å². The van der Waals surface area contributed by atoms with E-state index in [1.54, 1.807) is 0 Å². The molecule has 3 atom stereocenters. The van der Waals surface area contributed by atoms with Crippen LogP contribution in [0.4, 0.5) is 5.82 Å². The van der Waals surface area contributed by atoms with Crippen molar-refractivity contribution in [2.45, 2.75) is 23.1 Å². The maximum atomic E-state index is 11.7. The Bertz CT molecular complexity index is 540. The molecule has 0 aliphatic carbocycles. The summed E-state index contributed by atoms with van der Waals surface area (Å²) in [5, 5.41) is 12.4. The number of anilines is 1. The van der Waals surface area contributed by atoms with Gasteiger partial charge in [-0.3, -0.25) is 4.57 Å². The fourth-order valence-corrected chi connectivity index (χ4v) is 3.31. The summed E-state index contributed by atoms with van der Waals surface area (Å²) in [6.45, 7) is -0.0181. The molecule has 3 N–H and O–H groups in total. The molecule has 0 amide bonds. The van der Waals surface area contributed by atoms with Gasteiger partial charge >= 0.3 is 5.69 Å². The molecule has 96 valence electrons. The molecule has 0 radical (unpaired) electrons. The van der Waals surface area contributed by atoms with Crippen molar-refractivity contribution in [3.05, 3.63) is 33.2 Å². The number of azide groups is 1. The first-order valence-corrected chi connectivity index (χ1v) is 6.25. The molecule has 1 aromatic rings. The van der Waals surface area contributed by atoms with Crippen LogP contribution in [0.3, 0.4) is 0 Å². The van der Waals surface area contributed by atoms with E-state index in [9.17, 15) is 4.79 Å². The third-order valence-corrected chi connectivity index (χ3v) is 4.24. The number of aliphatic hydroxyl groups excluding tert-OH is 1. The van der Waals surface area contributed by atoms with Crippen molar-refractivity contribution in [2.24, 2.45) is 5.11 Å². The lowest BCUT2D eigenvalue weighted by Crippen LogP contribution is -2.29. The number of thioether (sulfide) groups is 1. The predicted octanol–water partition coefficient (Wildman–Crippen LogP) is 0.501. The third-order valence-electron chi connectivity index (χ3n) is 2.69. The van der Waals surface area contributed by atoms with Crippen LogP contribution in [0.5, 0.6) is 0 Å². The SMILES string of the molecule is [N-]=[N+]=NC1C[C@@H](CO)S[C@H]1n1ccc(N)nc1=O. The molecule has 1 aliphatic heterocycles. The molecule has 2 rings (SSSR count). The quantitative estimate of drug-likeness (QED) is 0.468. The number of nitrogen functional groups attached to an aromatic ring is 1. The van der Waals surface area contributed by atoms with Crippen LogP contribution in [0.15, 0.2) is 22.2 Å². The average Bonchev–Trinajstić information content (AvgIpc) is 2.73. The lowest BCUT2D eigenvalue weighted by atomic mass is 10.2. The van der Waals surface area contributed by atoms with Crippen LogP contribution >= 0.6 is 11.8 Å².